The van der Waals surface area contributed by atoms with Crippen molar-refractivity contribution in [1.29, 1.82) is 0 Å². The average Bonchev–Trinajstić information content (AvgIpc) is 3.49. The van der Waals surface area contributed by atoms with Gasteiger partial charge < -0.3 is 23.7 Å². The molecule has 5 rings (SSSR count). The highest BCUT2D eigenvalue weighted by molar-refractivity contribution is 6.03. The summed E-state index contributed by atoms with van der Waals surface area (Å²) in [4.78, 5) is 12.4. The molecule has 1 amide bonds. The molecule has 4 aromatic rings. The van der Waals surface area contributed by atoms with Crippen LogP contribution in [-0.2, 0) is 6.54 Å². The zero-order chi connectivity index (χ0) is 19.6. The molecule has 1 aliphatic heterocycles. The number of nitrogens with zero attached hydrogens (tertiary/aromatic N) is 3. The highest BCUT2D eigenvalue weighted by Gasteiger charge is 2.22. The van der Waals surface area contributed by atoms with Crippen molar-refractivity contribution < 1.29 is 23.2 Å². The lowest BCUT2D eigenvalue weighted by Crippen LogP contribution is -2.33. The van der Waals surface area contributed by atoms with E-state index in [1.165, 1.54) is 12.3 Å². The number of hydrogen-bond acceptors (Lipinski definition) is 7. The molecule has 1 atom stereocenters. The molecule has 1 aliphatic rings. The number of aromatic nitrogens is 3. The van der Waals surface area contributed by atoms with E-state index in [-0.39, 0.29) is 11.8 Å². The van der Waals surface area contributed by atoms with Crippen LogP contribution in [0.1, 0.15) is 10.5 Å². The van der Waals surface area contributed by atoms with Gasteiger partial charge in [-0.1, -0.05) is 17.3 Å². The van der Waals surface area contributed by atoms with E-state index in [1.54, 1.807) is 29.2 Å². The predicted octanol–water partition coefficient (Wildman–Crippen LogP) is 3.22. The number of amides is 1. The van der Waals surface area contributed by atoms with Crippen molar-refractivity contribution in [3.05, 3.63) is 66.8 Å². The lowest BCUT2D eigenvalue weighted by Gasteiger charge is -2.26. The van der Waals surface area contributed by atoms with Crippen LogP contribution in [0.25, 0.3) is 11.5 Å². The number of nitrogens with one attached hydrogen (secondary N) is 1. The molecule has 0 radical (unpaired) electrons. The summed E-state index contributed by atoms with van der Waals surface area (Å²) in [7, 11) is 0. The van der Waals surface area contributed by atoms with Crippen LogP contribution in [0.3, 0.4) is 0 Å². The minimum Gasteiger partial charge on any atom is -0.486 e. The number of carbonyl (C=O) groups is 1. The molecule has 29 heavy (non-hydrogen) atoms. The second kappa shape index (κ2) is 7.19. The Bertz CT molecular complexity index is 1130. The summed E-state index contributed by atoms with van der Waals surface area (Å²) in [6.07, 6.45) is 4.61. The fourth-order valence-electron chi connectivity index (χ4n) is 3.00. The maximum Gasteiger partial charge on any atom is 0.277 e. The molecule has 0 saturated carbocycles. The van der Waals surface area contributed by atoms with Crippen LogP contribution >= 0.6 is 0 Å². The molecule has 1 unspecified atom stereocenters. The lowest BCUT2D eigenvalue weighted by molar-refractivity contribution is 0.0759. The van der Waals surface area contributed by atoms with Gasteiger partial charge in [0.2, 0.25) is 5.76 Å². The molecule has 4 heterocycles. The number of para-hydroxylation sites is 2. The van der Waals surface area contributed by atoms with E-state index in [0.717, 1.165) is 5.75 Å². The van der Waals surface area contributed by atoms with Gasteiger partial charge in [0.05, 0.1) is 24.7 Å². The molecule has 9 nitrogen and oxygen atoms in total. The summed E-state index contributed by atoms with van der Waals surface area (Å²) in [5.74, 6) is 1.92. The molecule has 0 fully saturated rings. The van der Waals surface area contributed by atoms with Crippen LogP contribution in [0, 0.1) is 0 Å². The predicted molar refractivity (Wildman–Crippen MR) is 101 cm³/mol. The quantitative estimate of drug-likeness (QED) is 0.556. The minimum absolute atomic E-state index is 0.143. The third-order valence-electron chi connectivity index (χ3n) is 4.36. The average molecular weight is 392 g/mol. The molecule has 0 spiro atoms. The molecular formula is C20H16N4O5. The van der Waals surface area contributed by atoms with Gasteiger partial charge in [-0.25, -0.2) is 0 Å². The summed E-state index contributed by atoms with van der Waals surface area (Å²) in [6.45, 7) is 0.907. The molecular weight excluding hydrogens is 376 g/mol. The smallest absolute Gasteiger partial charge is 0.277 e. The van der Waals surface area contributed by atoms with Gasteiger partial charge in [-0.15, -0.1) is 0 Å². The van der Waals surface area contributed by atoms with Gasteiger partial charge in [-0.2, -0.15) is 5.10 Å². The Morgan fingerprint density at radius 3 is 2.93 bits per heavy atom. The zero-order valence-electron chi connectivity index (χ0n) is 15.1. The van der Waals surface area contributed by atoms with E-state index in [2.05, 4.69) is 15.6 Å². The first-order valence-corrected chi connectivity index (χ1v) is 8.97. The van der Waals surface area contributed by atoms with Gasteiger partial charge >= 0.3 is 0 Å². The second-order valence-corrected chi connectivity index (χ2v) is 6.46. The van der Waals surface area contributed by atoms with Crippen molar-refractivity contribution >= 4 is 11.6 Å². The Labute approximate surface area is 164 Å². The van der Waals surface area contributed by atoms with Gasteiger partial charge in [0.15, 0.2) is 29.1 Å². The van der Waals surface area contributed by atoms with E-state index in [1.807, 2.05) is 24.3 Å². The minimum atomic E-state index is -0.405. The van der Waals surface area contributed by atoms with Crippen LogP contribution in [-0.4, -0.2) is 33.6 Å². The molecule has 146 valence electrons. The molecule has 1 aromatic carbocycles. The van der Waals surface area contributed by atoms with Crippen LogP contribution < -0.4 is 14.8 Å². The van der Waals surface area contributed by atoms with E-state index < -0.39 is 5.91 Å². The zero-order valence-corrected chi connectivity index (χ0v) is 15.1. The van der Waals surface area contributed by atoms with Gasteiger partial charge in [-0.05, 0) is 24.3 Å². The third-order valence-corrected chi connectivity index (χ3v) is 4.36. The summed E-state index contributed by atoms with van der Waals surface area (Å²) in [5, 5.41) is 10.8. The summed E-state index contributed by atoms with van der Waals surface area (Å²) in [6, 6.07) is 12.5. The first-order valence-electron chi connectivity index (χ1n) is 8.97. The SMILES string of the molecule is O=C(Nc1cnn(CC2COc3ccccc3O2)c1)c1cc(-c2ccco2)on1. The molecule has 3 aromatic heterocycles. The summed E-state index contributed by atoms with van der Waals surface area (Å²) < 4.78 is 23.7. The molecule has 9 heteroatoms. The van der Waals surface area contributed by atoms with Gasteiger partial charge in [0, 0.05) is 12.3 Å². The van der Waals surface area contributed by atoms with Crippen LogP contribution in [0.2, 0.25) is 0 Å². The number of furan rings is 1. The van der Waals surface area contributed by atoms with Crippen molar-refractivity contribution in [2.75, 3.05) is 11.9 Å². The van der Waals surface area contributed by atoms with Crippen LogP contribution in [0.4, 0.5) is 5.69 Å². The topological polar surface area (TPSA) is 105 Å². The number of carbonyl (C=O) groups excluding carboxylic acids is 1. The Morgan fingerprint density at radius 1 is 1.17 bits per heavy atom. The van der Waals surface area contributed by atoms with Gasteiger partial charge in [0.1, 0.15) is 6.61 Å². The Balaban J connectivity index is 1.21. The van der Waals surface area contributed by atoms with Crippen molar-refractivity contribution in [3.63, 3.8) is 0 Å². The normalized spacial score (nSPS) is 15.2. The molecule has 0 bridgehead atoms. The summed E-state index contributed by atoms with van der Waals surface area (Å²) in [5.41, 5.74) is 0.680. The number of hydrogen-bond donors (Lipinski definition) is 1. The van der Waals surface area contributed by atoms with Crippen molar-refractivity contribution in [2.24, 2.45) is 0 Å². The van der Waals surface area contributed by atoms with E-state index in [0.29, 0.717) is 36.1 Å². The monoisotopic (exact) mass is 392 g/mol. The Kier molecular flexibility index (Phi) is 4.24. The Hall–Kier alpha value is -4.01. The summed E-state index contributed by atoms with van der Waals surface area (Å²) >= 11 is 0. The molecule has 0 saturated heterocycles. The fourth-order valence-corrected chi connectivity index (χ4v) is 3.00. The lowest BCUT2D eigenvalue weighted by atomic mass is 10.2. The number of ether oxygens (including phenoxy) is 2. The molecule has 1 N–H and O–H groups in total. The third kappa shape index (κ3) is 3.57. The van der Waals surface area contributed by atoms with Gasteiger partial charge in [0.25, 0.3) is 5.91 Å². The fraction of sp³-hybridized carbons (Fsp3) is 0.150. The first kappa shape index (κ1) is 17.1. The first-order chi connectivity index (χ1) is 14.2. The van der Waals surface area contributed by atoms with Crippen molar-refractivity contribution in [1.82, 2.24) is 14.9 Å². The molecule has 0 aliphatic carbocycles. The standard InChI is InChI=1S/C20H16N4O5/c25-20(15-8-19(29-23-15)17-6-3-7-26-17)22-13-9-21-24(10-13)11-14-12-27-16-4-1-2-5-18(16)28-14/h1-10,14H,11-12H2,(H,22,25). The van der Waals surface area contributed by atoms with Crippen LogP contribution in [0.15, 0.2) is 70.1 Å². The highest BCUT2D eigenvalue weighted by atomic mass is 16.6. The highest BCUT2D eigenvalue weighted by Crippen LogP contribution is 2.31. The maximum atomic E-state index is 12.4. The number of fused-ring (bicyclic) bond motifs is 1. The van der Waals surface area contributed by atoms with Crippen molar-refractivity contribution in [2.45, 2.75) is 12.6 Å². The van der Waals surface area contributed by atoms with Crippen molar-refractivity contribution in [3.8, 4) is 23.0 Å². The van der Waals surface area contributed by atoms with Gasteiger partial charge in [-0.3, -0.25) is 9.48 Å². The number of benzene rings is 1. The largest absolute Gasteiger partial charge is 0.486 e. The Morgan fingerprint density at radius 2 is 2.07 bits per heavy atom. The van der Waals surface area contributed by atoms with E-state index in [4.69, 9.17) is 18.4 Å². The van der Waals surface area contributed by atoms with Crippen LogP contribution in [0.5, 0.6) is 11.5 Å². The number of rotatable bonds is 5. The van der Waals surface area contributed by atoms with E-state index in [9.17, 15) is 4.79 Å². The number of anilines is 1. The second-order valence-electron chi connectivity index (χ2n) is 6.46. The van der Waals surface area contributed by atoms with E-state index >= 15 is 0 Å². The maximum absolute atomic E-state index is 12.4.